The fourth-order valence-corrected chi connectivity index (χ4v) is 3.14. The van der Waals surface area contributed by atoms with Gasteiger partial charge in [0.2, 0.25) is 0 Å². The third kappa shape index (κ3) is 3.94. The fraction of sp³-hybridized carbons (Fsp3) is 0.133. The standard InChI is InChI=1S/C15H15N3O5S/c1-10-3-8-14(11(2)9-10)24(22,23)17-16-15(19)12-4-6-13(7-5-12)18(20)21/h3-9,17H,1-2H3,(H,16,19). The first-order valence-corrected chi connectivity index (χ1v) is 8.33. The van der Waals surface area contributed by atoms with Crippen LogP contribution in [0.15, 0.2) is 47.4 Å². The number of non-ortho nitro benzene ring substituents is 1. The van der Waals surface area contributed by atoms with Crippen molar-refractivity contribution in [2.45, 2.75) is 18.7 Å². The van der Waals surface area contributed by atoms with Crippen molar-refractivity contribution >= 4 is 21.6 Å². The van der Waals surface area contributed by atoms with Crippen LogP contribution in [-0.4, -0.2) is 19.2 Å². The Bertz CT molecular complexity index is 892. The predicted octanol–water partition coefficient (Wildman–Crippen LogP) is 1.83. The van der Waals surface area contributed by atoms with E-state index in [-0.39, 0.29) is 16.1 Å². The number of nitrogens with zero attached hydrogens (tertiary/aromatic N) is 1. The molecule has 0 atom stereocenters. The van der Waals surface area contributed by atoms with Crippen LogP contribution >= 0.6 is 0 Å². The van der Waals surface area contributed by atoms with Gasteiger partial charge in [0.15, 0.2) is 0 Å². The molecule has 1 amide bonds. The Labute approximate surface area is 138 Å². The van der Waals surface area contributed by atoms with Gasteiger partial charge in [-0.1, -0.05) is 17.7 Å². The second-order valence-corrected chi connectivity index (χ2v) is 6.78. The summed E-state index contributed by atoms with van der Waals surface area (Å²) in [4.78, 5) is 24.0. The highest BCUT2D eigenvalue weighted by molar-refractivity contribution is 7.89. The molecule has 0 radical (unpaired) electrons. The highest BCUT2D eigenvalue weighted by Gasteiger charge is 2.18. The molecule has 0 aliphatic rings. The van der Waals surface area contributed by atoms with E-state index in [0.717, 1.165) is 17.7 Å². The Morgan fingerprint density at radius 1 is 1.08 bits per heavy atom. The molecule has 8 nitrogen and oxygen atoms in total. The number of rotatable bonds is 5. The molecule has 0 fully saturated rings. The van der Waals surface area contributed by atoms with Gasteiger partial charge >= 0.3 is 0 Å². The van der Waals surface area contributed by atoms with Gasteiger partial charge in [-0.2, -0.15) is 0 Å². The summed E-state index contributed by atoms with van der Waals surface area (Å²) < 4.78 is 24.5. The number of nitrogens with one attached hydrogen (secondary N) is 2. The van der Waals surface area contributed by atoms with Crippen molar-refractivity contribution in [2.24, 2.45) is 0 Å². The molecule has 0 aliphatic carbocycles. The minimum atomic E-state index is -3.92. The molecule has 9 heteroatoms. The zero-order valence-electron chi connectivity index (χ0n) is 12.9. The lowest BCUT2D eigenvalue weighted by atomic mass is 10.2. The number of nitro groups is 1. The van der Waals surface area contributed by atoms with Crippen LogP contribution in [0.2, 0.25) is 0 Å². The van der Waals surface area contributed by atoms with E-state index < -0.39 is 20.9 Å². The van der Waals surface area contributed by atoms with E-state index in [9.17, 15) is 23.3 Å². The summed E-state index contributed by atoms with van der Waals surface area (Å²) in [6, 6.07) is 9.61. The van der Waals surface area contributed by atoms with Crippen molar-refractivity contribution < 1.29 is 18.1 Å². The number of aryl methyl sites for hydroxylation is 2. The quantitative estimate of drug-likeness (QED) is 0.630. The maximum atomic E-state index is 12.2. The average molecular weight is 349 g/mol. The maximum Gasteiger partial charge on any atom is 0.269 e. The van der Waals surface area contributed by atoms with Crippen molar-refractivity contribution in [3.63, 3.8) is 0 Å². The zero-order valence-corrected chi connectivity index (χ0v) is 13.8. The minimum absolute atomic E-state index is 0.0529. The third-order valence-corrected chi connectivity index (χ3v) is 4.67. The summed E-state index contributed by atoms with van der Waals surface area (Å²) in [7, 11) is -3.92. The number of hydrogen-bond donors (Lipinski definition) is 2. The summed E-state index contributed by atoms with van der Waals surface area (Å²) in [5.74, 6) is -0.724. The Kier molecular flexibility index (Phi) is 4.96. The maximum absolute atomic E-state index is 12.2. The largest absolute Gasteiger partial charge is 0.273 e. The number of benzene rings is 2. The number of amides is 1. The van der Waals surface area contributed by atoms with Gasteiger partial charge in [0, 0.05) is 17.7 Å². The molecule has 126 valence electrons. The van der Waals surface area contributed by atoms with Gasteiger partial charge < -0.3 is 0 Å². The van der Waals surface area contributed by atoms with E-state index in [1.165, 1.54) is 18.2 Å². The summed E-state index contributed by atoms with van der Waals surface area (Å²) in [5, 5.41) is 10.6. The van der Waals surface area contributed by atoms with Crippen molar-refractivity contribution in [2.75, 3.05) is 0 Å². The molecule has 24 heavy (non-hydrogen) atoms. The van der Waals surface area contributed by atoms with E-state index in [2.05, 4.69) is 5.43 Å². The van der Waals surface area contributed by atoms with Crippen LogP contribution in [0.4, 0.5) is 5.69 Å². The SMILES string of the molecule is Cc1ccc(S(=O)(=O)NNC(=O)c2ccc([N+](=O)[O-])cc2)c(C)c1. The number of carbonyl (C=O) groups is 1. The van der Waals surface area contributed by atoms with Gasteiger partial charge in [0.05, 0.1) is 9.82 Å². The first kappa shape index (κ1) is 17.6. The average Bonchev–Trinajstić information content (AvgIpc) is 2.52. The minimum Gasteiger partial charge on any atom is -0.273 e. The van der Waals surface area contributed by atoms with Gasteiger partial charge in [-0.15, -0.1) is 4.83 Å². The van der Waals surface area contributed by atoms with Crippen LogP contribution in [0.25, 0.3) is 0 Å². The van der Waals surface area contributed by atoms with Crippen LogP contribution in [0.1, 0.15) is 21.5 Å². The summed E-state index contributed by atoms with van der Waals surface area (Å²) in [5.41, 5.74) is 3.47. The highest BCUT2D eigenvalue weighted by Crippen LogP contribution is 2.16. The smallest absolute Gasteiger partial charge is 0.269 e. The number of sulfonamides is 1. The van der Waals surface area contributed by atoms with Gasteiger partial charge in [0.25, 0.3) is 21.6 Å². The molecule has 0 saturated heterocycles. The van der Waals surface area contributed by atoms with E-state index in [1.54, 1.807) is 19.1 Å². The van der Waals surface area contributed by atoms with Crippen LogP contribution in [0.3, 0.4) is 0 Å². The number of hydrazine groups is 1. The topological polar surface area (TPSA) is 118 Å². The molecular weight excluding hydrogens is 334 g/mol. The number of hydrogen-bond acceptors (Lipinski definition) is 5. The first-order chi connectivity index (χ1) is 11.2. The van der Waals surface area contributed by atoms with Crippen LogP contribution in [0, 0.1) is 24.0 Å². The van der Waals surface area contributed by atoms with E-state index in [4.69, 9.17) is 0 Å². The van der Waals surface area contributed by atoms with Crippen molar-refractivity contribution in [3.05, 3.63) is 69.3 Å². The van der Waals surface area contributed by atoms with Crippen LogP contribution in [0.5, 0.6) is 0 Å². The molecular formula is C15H15N3O5S. The van der Waals surface area contributed by atoms with E-state index >= 15 is 0 Å². The lowest BCUT2D eigenvalue weighted by Crippen LogP contribution is -2.41. The lowest BCUT2D eigenvalue weighted by molar-refractivity contribution is -0.384. The van der Waals surface area contributed by atoms with Crippen molar-refractivity contribution in [1.82, 2.24) is 10.3 Å². The number of nitro benzene ring substituents is 1. The molecule has 0 bridgehead atoms. The summed E-state index contributed by atoms with van der Waals surface area (Å²) in [6.07, 6.45) is 0. The van der Waals surface area contributed by atoms with Crippen molar-refractivity contribution in [1.29, 1.82) is 0 Å². The molecule has 2 N–H and O–H groups in total. The predicted molar refractivity (Wildman–Crippen MR) is 86.8 cm³/mol. The monoisotopic (exact) mass is 349 g/mol. The molecule has 0 aliphatic heterocycles. The second-order valence-electron chi connectivity index (χ2n) is 5.13. The normalized spacial score (nSPS) is 11.1. The molecule has 0 saturated carbocycles. The Hall–Kier alpha value is -2.78. The van der Waals surface area contributed by atoms with Gasteiger partial charge in [0.1, 0.15) is 0 Å². The van der Waals surface area contributed by atoms with E-state index in [0.29, 0.717) is 5.56 Å². The van der Waals surface area contributed by atoms with Gasteiger partial charge in [-0.3, -0.25) is 20.3 Å². The lowest BCUT2D eigenvalue weighted by Gasteiger charge is -2.11. The Morgan fingerprint density at radius 2 is 1.71 bits per heavy atom. The zero-order chi connectivity index (χ0) is 17.9. The molecule has 2 aromatic carbocycles. The fourth-order valence-electron chi connectivity index (χ4n) is 2.08. The highest BCUT2D eigenvalue weighted by atomic mass is 32.2. The number of carbonyl (C=O) groups excluding carboxylic acids is 1. The molecule has 2 aromatic rings. The summed E-state index contributed by atoms with van der Waals surface area (Å²) >= 11 is 0. The second kappa shape index (κ2) is 6.77. The molecule has 0 heterocycles. The summed E-state index contributed by atoms with van der Waals surface area (Å²) in [6.45, 7) is 3.49. The Morgan fingerprint density at radius 3 is 2.25 bits per heavy atom. The first-order valence-electron chi connectivity index (χ1n) is 6.84. The van der Waals surface area contributed by atoms with E-state index in [1.807, 2.05) is 11.8 Å². The van der Waals surface area contributed by atoms with Crippen LogP contribution < -0.4 is 10.3 Å². The van der Waals surface area contributed by atoms with Gasteiger partial charge in [-0.05, 0) is 37.6 Å². The molecule has 0 unspecified atom stereocenters. The molecule has 0 spiro atoms. The van der Waals surface area contributed by atoms with Gasteiger partial charge in [-0.25, -0.2) is 8.42 Å². The molecule has 0 aromatic heterocycles. The Balaban J connectivity index is 2.11. The van der Waals surface area contributed by atoms with Crippen molar-refractivity contribution in [3.8, 4) is 0 Å². The molecule has 2 rings (SSSR count). The third-order valence-electron chi connectivity index (χ3n) is 3.26. The van der Waals surface area contributed by atoms with Crippen LogP contribution in [-0.2, 0) is 10.0 Å².